The summed E-state index contributed by atoms with van der Waals surface area (Å²) in [6.45, 7) is 0. The van der Waals surface area contributed by atoms with Gasteiger partial charge >= 0.3 is 0 Å². The van der Waals surface area contributed by atoms with Crippen LogP contribution in [-0.2, 0) is 9.84 Å². The molecule has 27 heavy (non-hydrogen) atoms. The van der Waals surface area contributed by atoms with Gasteiger partial charge in [0, 0.05) is 23.3 Å². The quantitative estimate of drug-likeness (QED) is 0.684. The lowest BCUT2D eigenvalue weighted by Gasteiger charge is -2.20. The molecule has 0 bridgehead atoms. The Balaban J connectivity index is 1.73. The first-order valence-corrected chi connectivity index (χ1v) is 11.2. The second-order valence-electron chi connectivity index (χ2n) is 7.60. The maximum absolute atomic E-state index is 13.5. The van der Waals surface area contributed by atoms with Crippen molar-refractivity contribution in [1.82, 2.24) is 9.97 Å². The molecular weight excluding hydrogens is 363 g/mol. The number of pyridine rings is 1. The van der Waals surface area contributed by atoms with Gasteiger partial charge in [-0.1, -0.05) is 37.8 Å². The van der Waals surface area contributed by atoms with Gasteiger partial charge in [-0.05, 0) is 42.2 Å². The maximum Gasteiger partial charge on any atom is 0.175 e. The van der Waals surface area contributed by atoms with E-state index in [1.807, 2.05) is 18.2 Å². The third-order valence-electron chi connectivity index (χ3n) is 5.59. The summed E-state index contributed by atoms with van der Waals surface area (Å²) in [6.07, 6.45) is 8.42. The number of H-pyrrole nitrogens is 1. The molecule has 4 rings (SSSR count). The number of rotatable bonds is 5. The normalized spacial score (nSPS) is 16.8. The largest absolute Gasteiger partial charge is 0.343 e. The molecule has 3 aromatic rings. The highest BCUT2D eigenvalue weighted by atomic mass is 32.2. The first-order chi connectivity index (χ1) is 12.9. The van der Waals surface area contributed by atoms with Gasteiger partial charge in [-0.25, -0.2) is 17.8 Å². The number of fused-ring (bicyclic) bond motifs is 1. The van der Waals surface area contributed by atoms with Crippen molar-refractivity contribution in [2.45, 2.75) is 42.9 Å². The first kappa shape index (κ1) is 18.2. The van der Waals surface area contributed by atoms with Crippen LogP contribution in [0.15, 0.2) is 47.5 Å². The number of hydrogen-bond donors (Lipinski definition) is 1. The molecule has 1 aliphatic rings. The summed E-state index contributed by atoms with van der Waals surface area (Å²) in [5.41, 5.74) is 2.75. The highest BCUT2D eigenvalue weighted by Crippen LogP contribution is 2.38. The Kier molecular flexibility index (Phi) is 4.76. The zero-order chi connectivity index (χ0) is 19.0. The maximum atomic E-state index is 13.5. The minimum absolute atomic E-state index is 0.110. The molecule has 0 radical (unpaired) electrons. The van der Waals surface area contributed by atoms with E-state index in [2.05, 4.69) is 9.97 Å². The first-order valence-electron chi connectivity index (χ1n) is 9.34. The van der Waals surface area contributed by atoms with Gasteiger partial charge in [-0.2, -0.15) is 0 Å². The van der Waals surface area contributed by atoms with Gasteiger partial charge in [0.2, 0.25) is 0 Å². The van der Waals surface area contributed by atoms with Gasteiger partial charge in [0.15, 0.2) is 9.84 Å². The summed E-state index contributed by atoms with van der Waals surface area (Å²) in [5, 5.41) is 0.758. The van der Waals surface area contributed by atoms with Crippen LogP contribution < -0.4 is 0 Å². The fraction of sp³-hybridized carbons (Fsp3) is 0.381. The van der Waals surface area contributed by atoms with Gasteiger partial charge in [0.05, 0.1) is 11.1 Å². The molecule has 1 aliphatic carbocycles. The molecular formula is C21H23FN2O2S. The molecule has 1 fully saturated rings. The summed E-state index contributed by atoms with van der Waals surface area (Å²) in [4.78, 5) is 7.82. The van der Waals surface area contributed by atoms with Crippen molar-refractivity contribution in [3.63, 3.8) is 0 Å². The predicted octanol–water partition coefficient (Wildman–Crippen LogP) is 4.82. The van der Waals surface area contributed by atoms with Crippen LogP contribution in [0.2, 0.25) is 0 Å². The predicted molar refractivity (Wildman–Crippen MR) is 104 cm³/mol. The topological polar surface area (TPSA) is 62.8 Å². The van der Waals surface area contributed by atoms with Crippen LogP contribution in [0.1, 0.15) is 49.3 Å². The average molecular weight is 386 g/mol. The van der Waals surface area contributed by atoms with Crippen LogP contribution in [0.3, 0.4) is 0 Å². The van der Waals surface area contributed by atoms with Gasteiger partial charge < -0.3 is 4.98 Å². The minimum Gasteiger partial charge on any atom is -0.343 e. The average Bonchev–Trinajstić information content (AvgIpc) is 3.28. The summed E-state index contributed by atoms with van der Waals surface area (Å²) >= 11 is 0. The van der Waals surface area contributed by atoms with E-state index in [9.17, 15) is 12.8 Å². The van der Waals surface area contributed by atoms with Crippen LogP contribution in [0.5, 0.6) is 0 Å². The van der Waals surface area contributed by atoms with Crippen molar-refractivity contribution in [3.05, 3.63) is 59.7 Å². The Morgan fingerprint density at radius 1 is 1.19 bits per heavy atom. The lowest BCUT2D eigenvalue weighted by atomic mass is 9.85. The Hall–Kier alpha value is -2.21. The van der Waals surface area contributed by atoms with Crippen molar-refractivity contribution in [2.24, 2.45) is 5.92 Å². The van der Waals surface area contributed by atoms with Crippen LogP contribution in [-0.4, -0.2) is 24.6 Å². The number of hydrogen-bond acceptors (Lipinski definition) is 3. The summed E-state index contributed by atoms with van der Waals surface area (Å²) in [5.74, 6) is 0.414. The third kappa shape index (κ3) is 3.90. The van der Waals surface area contributed by atoms with Crippen molar-refractivity contribution in [3.8, 4) is 0 Å². The molecule has 2 aromatic heterocycles. The molecule has 1 atom stereocenters. The van der Waals surface area contributed by atoms with Gasteiger partial charge in [0.25, 0.3) is 0 Å². The highest BCUT2D eigenvalue weighted by Gasteiger charge is 2.24. The van der Waals surface area contributed by atoms with Crippen molar-refractivity contribution in [1.29, 1.82) is 0 Å². The Bertz CT molecular complexity index is 1050. The number of nitrogens with one attached hydrogen (secondary N) is 1. The van der Waals surface area contributed by atoms with E-state index in [0.29, 0.717) is 16.5 Å². The smallest absolute Gasteiger partial charge is 0.175 e. The highest BCUT2D eigenvalue weighted by molar-refractivity contribution is 7.90. The molecule has 1 saturated carbocycles. The Labute approximate surface area is 158 Å². The molecule has 0 saturated heterocycles. The lowest BCUT2D eigenvalue weighted by molar-refractivity contribution is 0.469. The van der Waals surface area contributed by atoms with E-state index in [-0.39, 0.29) is 11.7 Å². The Morgan fingerprint density at radius 2 is 1.89 bits per heavy atom. The number of aromatic amines is 1. The van der Waals surface area contributed by atoms with Gasteiger partial charge in [-0.3, -0.25) is 0 Å². The fourth-order valence-electron chi connectivity index (χ4n) is 4.17. The summed E-state index contributed by atoms with van der Waals surface area (Å²) in [7, 11) is -3.22. The Morgan fingerprint density at radius 3 is 2.56 bits per heavy atom. The number of aromatic nitrogens is 2. The molecule has 0 aliphatic heterocycles. The van der Waals surface area contributed by atoms with E-state index in [1.54, 1.807) is 12.1 Å². The lowest BCUT2D eigenvalue weighted by Crippen LogP contribution is -2.08. The molecule has 0 amide bonds. The van der Waals surface area contributed by atoms with E-state index in [1.165, 1.54) is 44.2 Å². The summed E-state index contributed by atoms with van der Waals surface area (Å²) < 4.78 is 37.0. The number of sulfone groups is 1. The number of benzene rings is 1. The molecule has 0 unspecified atom stereocenters. The minimum atomic E-state index is -3.22. The molecule has 1 aromatic carbocycles. The van der Waals surface area contributed by atoms with Crippen LogP contribution in [0, 0.1) is 11.7 Å². The molecule has 4 nitrogen and oxygen atoms in total. The van der Waals surface area contributed by atoms with Crippen LogP contribution in [0.4, 0.5) is 4.39 Å². The standard InChI is InChI=1S/C21H23FN2O2S/c1-27(25,26)18-8-6-15(7-9-18)19(10-14-4-2-3-5-14)20-12-16-11-17(22)13-23-21(16)24-20/h6-9,11-14,19H,2-5,10H2,1H3,(H,23,24)/t19-/m1/s1. The van der Waals surface area contributed by atoms with E-state index >= 15 is 0 Å². The van der Waals surface area contributed by atoms with Crippen LogP contribution >= 0.6 is 0 Å². The summed E-state index contributed by atoms with van der Waals surface area (Å²) in [6, 6.07) is 10.6. The molecule has 1 N–H and O–H groups in total. The number of halogens is 1. The molecule has 2 heterocycles. The SMILES string of the molecule is CS(=O)(=O)c1ccc([C@@H](CC2CCCC2)c2cc3cc(F)cnc3[nH]2)cc1. The van der Waals surface area contributed by atoms with Crippen LogP contribution in [0.25, 0.3) is 11.0 Å². The van der Waals surface area contributed by atoms with E-state index in [0.717, 1.165) is 23.1 Å². The van der Waals surface area contributed by atoms with Crippen molar-refractivity contribution >= 4 is 20.9 Å². The van der Waals surface area contributed by atoms with Crippen molar-refractivity contribution < 1.29 is 12.8 Å². The van der Waals surface area contributed by atoms with Gasteiger partial charge in [-0.15, -0.1) is 0 Å². The zero-order valence-electron chi connectivity index (χ0n) is 15.3. The molecule has 0 spiro atoms. The number of nitrogens with zero attached hydrogens (tertiary/aromatic N) is 1. The van der Waals surface area contributed by atoms with Crippen molar-refractivity contribution in [2.75, 3.05) is 6.26 Å². The second-order valence-corrected chi connectivity index (χ2v) is 9.61. The monoisotopic (exact) mass is 386 g/mol. The third-order valence-corrected chi connectivity index (χ3v) is 6.72. The second kappa shape index (κ2) is 7.08. The fourth-order valence-corrected chi connectivity index (χ4v) is 4.80. The van der Waals surface area contributed by atoms with E-state index < -0.39 is 9.84 Å². The molecule has 6 heteroatoms. The zero-order valence-corrected chi connectivity index (χ0v) is 16.1. The van der Waals surface area contributed by atoms with Gasteiger partial charge in [0.1, 0.15) is 11.5 Å². The molecule has 142 valence electrons. The van der Waals surface area contributed by atoms with E-state index in [4.69, 9.17) is 0 Å².